The first kappa shape index (κ1) is 15.9. The van der Waals surface area contributed by atoms with E-state index in [-0.39, 0.29) is 5.91 Å². The van der Waals surface area contributed by atoms with Crippen LogP contribution in [-0.2, 0) is 9.47 Å². The fourth-order valence-corrected chi connectivity index (χ4v) is 4.09. The van der Waals surface area contributed by atoms with Crippen LogP contribution in [0.2, 0.25) is 0 Å². The molecule has 2 aliphatic rings. The molecule has 5 nitrogen and oxygen atoms in total. The third-order valence-electron chi connectivity index (χ3n) is 4.65. The second kappa shape index (κ2) is 7.55. The topological polar surface area (TPSA) is 42.0 Å². The Hall–Kier alpha value is -0.950. The van der Waals surface area contributed by atoms with Crippen molar-refractivity contribution < 1.29 is 14.3 Å². The zero-order chi connectivity index (χ0) is 15.4. The van der Waals surface area contributed by atoms with Crippen molar-refractivity contribution in [2.75, 3.05) is 53.1 Å². The van der Waals surface area contributed by atoms with Gasteiger partial charge in [0, 0.05) is 45.2 Å². The number of thiophene rings is 1. The van der Waals surface area contributed by atoms with E-state index in [1.807, 2.05) is 22.4 Å². The molecule has 0 saturated carbocycles. The Morgan fingerprint density at radius 3 is 3.18 bits per heavy atom. The Balaban J connectivity index is 1.69. The van der Waals surface area contributed by atoms with Gasteiger partial charge in [0.1, 0.15) is 0 Å². The standard InChI is InChI=1S/C16H24N2O3S/c1-20-8-6-17-7-9-21-12-13-4-5-18(11-14(13)17)16(19)15-3-2-10-22-15/h2-3,10,13-14H,4-9,11-12H2,1H3/t13-,14-/m1/s1. The highest BCUT2D eigenvalue weighted by Crippen LogP contribution is 2.26. The summed E-state index contributed by atoms with van der Waals surface area (Å²) in [5, 5.41) is 1.96. The van der Waals surface area contributed by atoms with E-state index in [1.54, 1.807) is 7.11 Å². The number of methoxy groups -OCH3 is 1. The van der Waals surface area contributed by atoms with Crippen molar-refractivity contribution in [2.24, 2.45) is 5.92 Å². The van der Waals surface area contributed by atoms with Crippen LogP contribution >= 0.6 is 11.3 Å². The van der Waals surface area contributed by atoms with Crippen molar-refractivity contribution in [1.82, 2.24) is 9.80 Å². The molecule has 1 aromatic heterocycles. The molecule has 122 valence electrons. The minimum Gasteiger partial charge on any atom is -0.383 e. The number of rotatable bonds is 4. The quantitative estimate of drug-likeness (QED) is 0.843. The lowest BCUT2D eigenvalue weighted by molar-refractivity contribution is 0.0331. The van der Waals surface area contributed by atoms with Gasteiger partial charge in [0.2, 0.25) is 0 Å². The minimum absolute atomic E-state index is 0.172. The number of fused-ring (bicyclic) bond motifs is 1. The van der Waals surface area contributed by atoms with Gasteiger partial charge in [-0.1, -0.05) is 6.07 Å². The molecule has 2 aliphatic heterocycles. The molecular formula is C16H24N2O3S. The first-order valence-electron chi connectivity index (χ1n) is 7.93. The average molecular weight is 324 g/mol. The normalized spacial score (nSPS) is 26.5. The van der Waals surface area contributed by atoms with Gasteiger partial charge in [0.25, 0.3) is 5.91 Å². The summed E-state index contributed by atoms with van der Waals surface area (Å²) in [6, 6.07) is 4.24. The third kappa shape index (κ3) is 3.51. The minimum atomic E-state index is 0.172. The lowest BCUT2D eigenvalue weighted by Gasteiger charge is -2.42. The molecule has 3 rings (SSSR count). The number of carbonyl (C=O) groups is 1. The molecule has 6 heteroatoms. The number of piperidine rings is 1. The summed E-state index contributed by atoms with van der Waals surface area (Å²) in [6.45, 7) is 5.77. The van der Waals surface area contributed by atoms with Crippen LogP contribution in [0.4, 0.5) is 0 Å². The molecule has 0 unspecified atom stereocenters. The predicted octanol–water partition coefficient (Wildman–Crippen LogP) is 1.56. The van der Waals surface area contributed by atoms with Gasteiger partial charge in [0.15, 0.2) is 0 Å². The molecule has 0 aromatic carbocycles. The smallest absolute Gasteiger partial charge is 0.263 e. The first-order chi connectivity index (χ1) is 10.8. The van der Waals surface area contributed by atoms with Crippen molar-refractivity contribution in [3.8, 4) is 0 Å². The maximum atomic E-state index is 12.6. The summed E-state index contributed by atoms with van der Waals surface area (Å²) >= 11 is 1.52. The van der Waals surface area contributed by atoms with Gasteiger partial charge in [-0.3, -0.25) is 9.69 Å². The first-order valence-corrected chi connectivity index (χ1v) is 8.81. The summed E-state index contributed by atoms with van der Waals surface area (Å²) < 4.78 is 11.0. The van der Waals surface area contributed by atoms with E-state index < -0.39 is 0 Å². The second-order valence-corrected chi connectivity index (χ2v) is 6.90. The number of ether oxygens (including phenoxy) is 2. The van der Waals surface area contributed by atoms with E-state index in [9.17, 15) is 4.79 Å². The van der Waals surface area contributed by atoms with Crippen LogP contribution in [0.5, 0.6) is 0 Å². The third-order valence-corrected chi connectivity index (χ3v) is 5.50. The predicted molar refractivity (Wildman–Crippen MR) is 86.4 cm³/mol. The Labute approximate surface area is 135 Å². The van der Waals surface area contributed by atoms with Gasteiger partial charge in [-0.05, 0) is 17.9 Å². The molecule has 2 saturated heterocycles. The van der Waals surface area contributed by atoms with E-state index >= 15 is 0 Å². The zero-order valence-electron chi connectivity index (χ0n) is 13.1. The summed E-state index contributed by atoms with van der Waals surface area (Å²) in [5.41, 5.74) is 0. The van der Waals surface area contributed by atoms with E-state index in [2.05, 4.69) is 4.90 Å². The number of hydrogen-bond donors (Lipinski definition) is 0. The van der Waals surface area contributed by atoms with E-state index in [1.165, 1.54) is 11.3 Å². The van der Waals surface area contributed by atoms with Crippen LogP contribution in [0.1, 0.15) is 16.1 Å². The summed E-state index contributed by atoms with van der Waals surface area (Å²) in [6.07, 6.45) is 1.02. The molecule has 0 N–H and O–H groups in total. The van der Waals surface area contributed by atoms with E-state index in [4.69, 9.17) is 9.47 Å². The SMILES string of the molecule is COCCN1CCOC[C@H]2CCN(C(=O)c3cccs3)C[C@H]21. The fraction of sp³-hybridized carbons (Fsp3) is 0.688. The summed E-state index contributed by atoms with van der Waals surface area (Å²) in [7, 11) is 1.74. The lowest BCUT2D eigenvalue weighted by atomic mass is 9.91. The molecule has 2 fully saturated rings. The maximum Gasteiger partial charge on any atom is 0.263 e. The van der Waals surface area contributed by atoms with Crippen molar-refractivity contribution in [1.29, 1.82) is 0 Å². The molecule has 3 heterocycles. The molecule has 1 amide bonds. The van der Waals surface area contributed by atoms with Gasteiger partial charge in [-0.2, -0.15) is 0 Å². The van der Waals surface area contributed by atoms with Crippen LogP contribution in [0.15, 0.2) is 17.5 Å². The molecule has 2 atom stereocenters. The Morgan fingerprint density at radius 2 is 2.41 bits per heavy atom. The fourth-order valence-electron chi connectivity index (χ4n) is 3.40. The highest BCUT2D eigenvalue weighted by molar-refractivity contribution is 7.12. The molecule has 0 aliphatic carbocycles. The molecule has 0 radical (unpaired) electrons. The van der Waals surface area contributed by atoms with Crippen molar-refractivity contribution >= 4 is 17.2 Å². The van der Waals surface area contributed by atoms with Crippen molar-refractivity contribution in [2.45, 2.75) is 12.5 Å². The van der Waals surface area contributed by atoms with Gasteiger partial charge in [-0.15, -0.1) is 11.3 Å². The van der Waals surface area contributed by atoms with Crippen molar-refractivity contribution in [3.05, 3.63) is 22.4 Å². The second-order valence-electron chi connectivity index (χ2n) is 5.95. The highest BCUT2D eigenvalue weighted by Gasteiger charge is 2.36. The monoisotopic (exact) mass is 324 g/mol. The Morgan fingerprint density at radius 1 is 1.50 bits per heavy atom. The molecule has 0 bridgehead atoms. The molecule has 22 heavy (non-hydrogen) atoms. The van der Waals surface area contributed by atoms with E-state index in [0.29, 0.717) is 12.0 Å². The number of likely N-dealkylation sites (tertiary alicyclic amines) is 1. The Bertz CT molecular complexity index is 480. The average Bonchev–Trinajstić information content (AvgIpc) is 3.01. The number of nitrogens with zero attached hydrogens (tertiary/aromatic N) is 2. The van der Waals surface area contributed by atoms with E-state index in [0.717, 1.165) is 57.3 Å². The van der Waals surface area contributed by atoms with Crippen LogP contribution in [0.3, 0.4) is 0 Å². The van der Waals surface area contributed by atoms with Crippen LogP contribution in [-0.4, -0.2) is 74.9 Å². The van der Waals surface area contributed by atoms with Gasteiger partial charge in [0.05, 0.1) is 24.7 Å². The molecule has 0 spiro atoms. The number of carbonyl (C=O) groups excluding carboxylic acids is 1. The summed E-state index contributed by atoms with van der Waals surface area (Å²) in [5.74, 6) is 0.692. The van der Waals surface area contributed by atoms with Crippen LogP contribution in [0, 0.1) is 5.92 Å². The Kier molecular flexibility index (Phi) is 5.46. The van der Waals surface area contributed by atoms with Gasteiger partial charge in [-0.25, -0.2) is 0 Å². The van der Waals surface area contributed by atoms with Gasteiger partial charge >= 0.3 is 0 Å². The molecular weight excluding hydrogens is 300 g/mol. The van der Waals surface area contributed by atoms with Gasteiger partial charge < -0.3 is 14.4 Å². The summed E-state index contributed by atoms with van der Waals surface area (Å²) in [4.78, 5) is 17.9. The number of hydrogen-bond acceptors (Lipinski definition) is 5. The highest BCUT2D eigenvalue weighted by atomic mass is 32.1. The largest absolute Gasteiger partial charge is 0.383 e. The van der Waals surface area contributed by atoms with Crippen molar-refractivity contribution in [3.63, 3.8) is 0 Å². The maximum absolute atomic E-state index is 12.6. The zero-order valence-corrected chi connectivity index (χ0v) is 13.9. The van der Waals surface area contributed by atoms with Crippen LogP contribution in [0.25, 0.3) is 0 Å². The number of amides is 1. The lowest BCUT2D eigenvalue weighted by Crippen LogP contribution is -2.55. The molecule has 1 aromatic rings. The van der Waals surface area contributed by atoms with Crippen LogP contribution < -0.4 is 0 Å².